The molecule has 0 atom stereocenters. The molecule has 3 rings (SSSR count). The molecule has 0 aromatic heterocycles. The molecule has 0 unspecified atom stereocenters. The average Bonchev–Trinajstić information content (AvgIpc) is 2.61. The Balaban J connectivity index is 1.86. The fraction of sp³-hybridized carbons (Fsp3) is 0.0952. The van der Waals surface area contributed by atoms with Crippen molar-refractivity contribution >= 4 is 22.8 Å². The van der Waals surface area contributed by atoms with Crippen LogP contribution in [0.1, 0.15) is 11.1 Å². The van der Waals surface area contributed by atoms with Crippen LogP contribution in [-0.4, -0.2) is 17.7 Å². The molecule has 120 valence electrons. The van der Waals surface area contributed by atoms with E-state index in [0.29, 0.717) is 12.4 Å². The maximum Gasteiger partial charge on any atom is 0.328 e. The van der Waals surface area contributed by atoms with Gasteiger partial charge in [0.25, 0.3) is 0 Å². The fourth-order valence-corrected chi connectivity index (χ4v) is 2.65. The SMILES string of the molecule is O=C(O)/C=C/c1c(OCCc2ccccc2)ccc2ccccc12. The molecule has 0 saturated heterocycles. The number of hydrogen-bond donors (Lipinski definition) is 1. The van der Waals surface area contributed by atoms with Crippen molar-refractivity contribution in [2.75, 3.05) is 6.61 Å². The molecular formula is C21H18O3. The Bertz CT molecular complexity index is 867. The average molecular weight is 318 g/mol. The van der Waals surface area contributed by atoms with Crippen LogP contribution in [0.25, 0.3) is 16.8 Å². The van der Waals surface area contributed by atoms with Gasteiger partial charge in [-0.3, -0.25) is 0 Å². The van der Waals surface area contributed by atoms with E-state index in [1.54, 1.807) is 6.08 Å². The van der Waals surface area contributed by atoms with E-state index in [4.69, 9.17) is 9.84 Å². The number of hydrogen-bond acceptors (Lipinski definition) is 2. The van der Waals surface area contributed by atoms with Gasteiger partial charge in [0.15, 0.2) is 0 Å². The van der Waals surface area contributed by atoms with E-state index in [9.17, 15) is 4.79 Å². The molecule has 0 spiro atoms. The van der Waals surface area contributed by atoms with Gasteiger partial charge in [-0.1, -0.05) is 60.7 Å². The van der Waals surface area contributed by atoms with Crippen LogP contribution in [0.2, 0.25) is 0 Å². The first-order chi connectivity index (χ1) is 11.7. The summed E-state index contributed by atoms with van der Waals surface area (Å²) in [6.45, 7) is 0.538. The lowest BCUT2D eigenvalue weighted by atomic mass is 10.0. The zero-order valence-electron chi connectivity index (χ0n) is 13.2. The number of ether oxygens (including phenoxy) is 1. The number of carboxylic acid groups (broad SMARTS) is 1. The second kappa shape index (κ2) is 7.47. The third kappa shape index (κ3) is 3.82. The lowest BCUT2D eigenvalue weighted by molar-refractivity contribution is -0.131. The van der Waals surface area contributed by atoms with Gasteiger partial charge in [0.05, 0.1) is 6.61 Å². The van der Waals surface area contributed by atoms with Crippen molar-refractivity contribution in [1.82, 2.24) is 0 Å². The van der Waals surface area contributed by atoms with Crippen molar-refractivity contribution in [1.29, 1.82) is 0 Å². The van der Waals surface area contributed by atoms with Crippen molar-refractivity contribution in [3.63, 3.8) is 0 Å². The molecule has 0 saturated carbocycles. The molecule has 3 heteroatoms. The first-order valence-electron chi connectivity index (χ1n) is 7.83. The van der Waals surface area contributed by atoms with E-state index in [0.717, 1.165) is 28.8 Å². The van der Waals surface area contributed by atoms with E-state index in [-0.39, 0.29) is 0 Å². The van der Waals surface area contributed by atoms with Crippen molar-refractivity contribution in [2.24, 2.45) is 0 Å². The minimum Gasteiger partial charge on any atom is -0.493 e. The topological polar surface area (TPSA) is 46.5 Å². The second-order valence-corrected chi connectivity index (χ2v) is 5.45. The molecular weight excluding hydrogens is 300 g/mol. The molecule has 3 nitrogen and oxygen atoms in total. The van der Waals surface area contributed by atoms with Crippen LogP contribution in [0, 0.1) is 0 Å². The molecule has 0 aliphatic rings. The normalized spacial score (nSPS) is 11.0. The van der Waals surface area contributed by atoms with E-state index in [1.807, 2.05) is 54.6 Å². The highest BCUT2D eigenvalue weighted by atomic mass is 16.5. The molecule has 0 fully saturated rings. The maximum atomic E-state index is 10.9. The van der Waals surface area contributed by atoms with E-state index < -0.39 is 5.97 Å². The van der Waals surface area contributed by atoms with E-state index in [1.165, 1.54) is 5.56 Å². The van der Waals surface area contributed by atoms with Crippen LogP contribution in [0.5, 0.6) is 5.75 Å². The summed E-state index contributed by atoms with van der Waals surface area (Å²) in [6.07, 6.45) is 3.55. The number of benzene rings is 3. The van der Waals surface area contributed by atoms with Crippen LogP contribution in [-0.2, 0) is 11.2 Å². The molecule has 0 bridgehead atoms. The van der Waals surface area contributed by atoms with Gasteiger partial charge in [-0.15, -0.1) is 0 Å². The highest BCUT2D eigenvalue weighted by Crippen LogP contribution is 2.29. The first kappa shape index (κ1) is 15.8. The Morgan fingerprint density at radius 2 is 1.71 bits per heavy atom. The Kier molecular flexibility index (Phi) is 4.92. The second-order valence-electron chi connectivity index (χ2n) is 5.45. The van der Waals surface area contributed by atoms with Crippen LogP contribution in [0.3, 0.4) is 0 Å². The lowest BCUT2D eigenvalue weighted by Gasteiger charge is -2.12. The number of fused-ring (bicyclic) bond motifs is 1. The van der Waals surface area contributed by atoms with Crippen molar-refractivity contribution in [3.05, 3.63) is 83.9 Å². The largest absolute Gasteiger partial charge is 0.493 e. The van der Waals surface area contributed by atoms with Crippen molar-refractivity contribution in [2.45, 2.75) is 6.42 Å². The van der Waals surface area contributed by atoms with Crippen molar-refractivity contribution in [3.8, 4) is 5.75 Å². The summed E-state index contributed by atoms with van der Waals surface area (Å²) in [5, 5.41) is 11.0. The zero-order chi connectivity index (χ0) is 16.8. The van der Waals surface area contributed by atoms with E-state index in [2.05, 4.69) is 12.1 Å². The summed E-state index contributed by atoms with van der Waals surface area (Å²) in [7, 11) is 0. The Hall–Kier alpha value is -3.07. The first-order valence-corrected chi connectivity index (χ1v) is 7.83. The van der Waals surface area contributed by atoms with E-state index >= 15 is 0 Å². The molecule has 0 radical (unpaired) electrons. The summed E-state index contributed by atoms with van der Waals surface area (Å²) in [4.78, 5) is 10.9. The lowest BCUT2D eigenvalue weighted by Crippen LogP contribution is -2.02. The molecule has 0 aliphatic carbocycles. The Morgan fingerprint density at radius 3 is 2.50 bits per heavy atom. The van der Waals surface area contributed by atoms with Crippen LogP contribution in [0.4, 0.5) is 0 Å². The predicted molar refractivity (Wildman–Crippen MR) is 96.3 cm³/mol. The van der Waals surface area contributed by atoms with Gasteiger partial charge >= 0.3 is 5.97 Å². The van der Waals surface area contributed by atoms with Crippen molar-refractivity contribution < 1.29 is 14.6 Å². The minimum absolute atomic E-state index is 0.538. The third-order valence-corrected chi connectivity index (χ3v) is 3.81. The maximum absolute atomic E-state index is 10.9. The van der Waals surface area contributed by atoms with Gasteiger partial charge in [0.1, 0.15) is 5.75 Å². The Morgan fingerprint density at radius 1 is 0.958 bits per heavy atom. The van der Waals surface area contributed by atoms with Crippen LogP contribution >= 0.6 is 0 Å². The highest BCUT2D eigenvalue weighted by molar-refractivity contribution is 5.96. The molecule has 0 amide bonds. The minimum atomic E-state index is -0.974. The number of aliphatic carboxylic acids is 1. The molecule has 1 N–H and O–H groups in total. The molecule has 3 aromatic rings. The monoisotopic (exact) mass is 318 g/mol. The fourth-order valence-electron chi connectivity index (χ4n) is 2.65. The smallest absolute Gasteiger partial charge is 0.328 e. The summed E-state index contributed by atoms with van der Waals surface area (Å²) in [6, 6.07) is 21.9. The van der Waals surface area contributed by atoms with Crippen LogP contribution < -0.4 is 4.74 Å². The third-order valence-electron chi connectivity index (χ3n) is 3.81. The molecule has 24 heavy (non-hydrogen) atoms. The Labute approximate surface area is 140 Å². The summed E-state index contributed by atoms with van der Waals surface area (Å²) in [5.41, 5.74) is 2.00. The van der Waals surface area contributed by atoms with Gasteiger partial charge in [0, 0.05) is 18.1 Å². The quantitative estimate of drug-likeness (QED) is 0.678. The van der Waals surface area contributed by atoms with Gasteiger partial charge in [0.2, 0.25) is 0 Å². The van der Waals surface area contributed by atoms with Gasteiger partial charge in [-0.05, 0) is 28.5 Å². The number of rotatable bonds is 6. The molecule has 0 heterocycles. The van der Waals surface area contributed by atoms with Gasteiger partial charge < -0.3 is 9.84 Å². The highest BCUT2D eigenvalue weighted by Gasteiger charge is 2.07. The summed E-state index contributed by atoms with van der Waals surface area (Å²) < 4.78 is 5.94. The number of carboxylic acids is 1. The van der Waals surface area contributed by atoms with Gasteiger partial charge in [-0.2, -0.15) is 0 Å². The van der Waals surface area contributed by atoms with Crippen LogP contribution in [0.15, 0.2) is 72.8 Å². The predicted octanol–water partition coefficient (Wildman–Crippen LogP) is 4.56. The standard InChI is InChI=1S/C21H18O3/c22-21(23)13-11-19-18-9-5-4-8-17(18)10-12-20(19)24-15-14-16-6-2-1-3-7-16/h1-13H,14-15H2,(H,22,23)/b13-11+. The summed E-state index contributed by atoms with van der Waals surface area (Å²) in [5.74, 6) is -0.277. The molecule has 3 aromatic carbocycles. The molecule has 0 aliphatic heterocycles. The summed E-state index contributed by atoms with van der Waals surface area (Å²) >= 11 is 0. The van der Waals surface area contributed by atoms with Gasteiger partial charge in [-0.25, -0.2) is 4.79 Å². The zero-order valence-corrected chi connectivity index (χ0v) is 13.2. The number of carbonyl (C=O) groups is 1.